The lowest BCUT2D eigenvalue weighted by Crippen LogP contribution is -2.37. The number of carbonyl (C=O) groups is 1. The van der Waals surface area contributed by atoms with Crippen molar-refractivity contribution in [1.29, 1.82) is 0 Å². The summed E-state index contributed by atoms with van der Waals surface area (Å²) in [4.78, 5) is 14.8. The molecule has 1 saturated carbocycles. The quantitative estimate of drug-likeness (QED) is 0.598. The van der Waals surface area contributed by atoms with E-state index < -0.39 is 0 Å². The summed E-state index contributed by atoms with van der Waals surface area (Å²) in [5.41, 5.74) is 2.79. The van der Waals surface area contributed by atoms with Gasteiger partial charge < -0.3 is 4.90 Å². The number of aryl methyl sites for hydroxylation is 1. The van der Waals surface area contributed by atoms with Crippen molar-refractivity contribution in [3.8, 4) is 0 Å². The minimum absolute atomic E-state index is 0.164. The van der Waals surface area contributed by atoms with E-state index in [1.54, 1.807) is 6.08 Å². The van der Waals surface area contributed by atoms with Crippen LogP contribution in [0.15, 0.2) is 48.6 Å². The predicted octanol–water partition coefficient (Wildman–Crippen LogP) is 4.19. The third kappa shape index (κ3) is 3.10. The molecular formula is C19H23NO. The standard InChI is InChI=1S/C19H23NO/c1-2-3-4-12-19(21)20(16-13-14-16)18-11-7-9-15-8-5-6-10-17(15)18/h2-6,8,10,12,16,18H,7,9,11,13-14H2,1H3/b3-2+,12-4+. The number of fused-ring (bicyclic) bond motifs is 1. The number of carbonyl (C=O) groups excluding carboxylic acids is 1. The molecule has 0 spiro atoms. The molecular weight excluding hydrogens is 258 g/mol. The Morgan fingerprint density at radius 1 is 1.19 bits per heavy atom. The number of hydrogen-bond donors (Lipinski definition) is 0. The maximum Gasteiger partial charge on any atom is 0.247 e. The highest BCUT2D eigenvalue weighted by Gasteiger charge is 2.38. The molecule has 1 amide bonds. The van der Waals surface area contributed by atoms with Gasteiger partial charge in [-0.25, -0.2) is 0 Å². The molecule has 1 atom stereocenters. The van der Waals surface area contributed by atoms with Crippen molar-refractivity contribution in [2.24, 2.45) is 0 Å². The zero-order chi connectivity index (χ0) is 14.7. The molecule has 2 heteroatoms. The van der Waals surface area contributed by atoms with Crippen molar-refractivity contribution < 1.29 is 4.79 Å². The van der Waals surface area contributed by atoms with Crippen LogP contribution in [0.2, 0.25) is 0 Å². The van der Waals surface area contributed by atoms with E-state index in [1.807, 2.05) is 25.2 Å². The summed E-state index contributed by atoms with van der Waals surface area (Å²) in [5, 5.41) is 0. The Bertz CT molecular complexity index is 569. The third-order valence-electron chi connectivity index (χ3n) is 4.41. The topological polar surface area (TPSA) is 20.3 Å². The van der Waals surface area contributed by atoms with Crippen LogP contribution in [0.1, 0.15) is 49.8 Å². The third-order valence-corrected chi connectivity index (χ3v) is 4.41. The summed E-state index contributed by atoms with van der Waals surface area (Å²) in [5.74, 6) is 0.164. The molecule has 1 aromatic carbocycles. The van der Waals surface area contributed by atoms with Crippen molar-refractivity contribution in [3.63, 3.8) is 0 Å². The molecule has 2 aliphatic rings. The van der Waals surface area contributed by atoms with Gasteiger partial charge in [-0.05, 0) is 50.2 Å². The Hall–Kier alpha value is -1.83. The van der Waals surface area contributed by atoms with Gasteiger partial charge in [0.05, 0.1) is 6.04 Å². The molecule has 21 heavy (non-hydrogen) atoms. The van der Waals surface area contributed by atoms with E-state index in [-0.39, 0.29) is 11.9 Å². The minimum Gasteiger partial charge on any atom is -0.329 e. The Morgan fingerprint density at radius 2 is 2.00 bits per heavy atom. The van der Waals surface area contributed by atoms with Gasteiger partial charge in [0.2, 0.25) is 5.91 Å². The number of benzene rings is 1. The zero-order valence-corrected chi connectivity index (χ0v) is 12.7. The van der Waals surface area contributed by atoms with E-state index in [4.69, 9.17) is 0 Å². The van der Waals surface area contributed by atoms with Gasteiger partial charge in [-0.3, -0.25) is 4.79 Å². The van der Waals surface area contributed by atoms with Crippen LogP contribution in [0, 0.1) is 0 Å². The molecule has 2 nitrogen and oxygen atoms in total. The largest absolute Gasteiger partial charge is 0.329 e. The molecule has 0 heterocycles. The van der Waals surface area contributed by atoms with E-state index in [0.717, 1.165) is 25.7 Å². The number of hydrogen-bond acceptors (Lipinski definition) is 1. The fourth-order valence-electron chi connectivity index (χ4n) is 3.29. The maximum atomic E-state index is 12.6. The Balaban J connectivity index is 1.87. The van der Waals surface area contributed by atoms with Crippen molar-refractivity contribution >= 4 is 5.91 Å². The van der Waals surface area contributed by atoms with Gasteiger partial charge in [-0.15, -0.1) is 0 Å². The average molecular weight is 281 g/mol. The van der Waals surface area contributed by atoms with Gasteiger partial charge in [0.15, 0.2) is 0 Å². The van der Waals surface area contributed by atoms with Crippen LogP contribution >= 0.6 is 0 Å². The fourth-order valence-corrected chi connectivity index (χ4v) is 3.29. The highest BCUT2D eigenvalue weighted by Crippen LogP contribution is 2.40. The fraction of sp³-hybridized carbons (Fsp3) is 0.421. The van der Waals surface area contributed by atoms with Crippen molar-refractivity contribution in [2.45, 2.75) is 51.1 Å². The lowest BCUT2D eigenvalue weighted by atomic mass is 9.86. The molecule has 0 aromatic heterocycles. The molecule has 0 N–H and O–H groups in total. The van der Waals surface area contributed by atoms with Gasteiger partial charge in [0, 0.05) is 12.1 Å². The van der Waals surface area contributed by atoms with Crippen LogP contribution in [0.4, 0.5) is 0 Å². The molecule has 110 valence electrons. The first kappa shape index (κ1) is 14.1. The van der Waals surface area contributed by atoms with Crippen molar-refractivity contribution in [1.82, 2.24) is 4.90 Å². The van der Waals surface area contributed by atoms with Gasteiger partial charge in [0.25, 0.3) is 0 Å². The predicted molar refractivity (Wildman–Crippen MR) is 85.9 cm³/mol. The van der Waals surface area contributed by atoms with Crippen LogP contribution in [0.25, 0.3) is 0 Å². The molecule has 0 radical (unpaired) electrons. The zero-order valence-electron chi connectivity index (χ0n) is 12.7. The first-order valence-electron chi connectivity index (χ1n) is 8.00. The second-order valence-electron chi connectivity index (χ2n) is 5.97. The minimum atomic E-state index is 0.164. The molecule has 1 unspecified atom stereocenters. The SMILES string of the molecule is C/C=C/C=C/C(=O)N(C1CC1)C1CCCc2ccccc21. The highest BCUT2D eigenvalue weighted by atomic mass is 16.2. The lowest BCUT2D eigenvalue weighted by Gasteiger charge is -2.35. The summed E-state index contributed by atoms with van der Waals surface area (Å²) in [6.45, 7) is 1.96. The summed E-state index contributed by atoms with van der Waals surface area (Å²) < 4.78 is 0. The number of rotatable bonds is 4. The summed E-state index contributed by atoms with van der Waals surface area (Å²) in [6, 6.07) is 9.34. The van der Waals surface area contributed by atoms with Gasteiger partial charge in [-0.1, -0.05) is 42.5 Å². The molecule has 0 bridgehead atoms. The maximum absolute atomic E-state index is 12.6. The Morgan fingerprint density at radius 3 is 2.76 bits per heavy atom. The van der Waals surface area contributed by atoms with Crippen LogP contribution in [-0.2, 0) is 11.2 Å². The monoisotopic (exact) mass is 281 g/mol. The summed E-state index contributed by atoms with van der Waals surface area (Å²) in [6.07, 6.45) is 13.2. The van der Waals surface area contributed by atoms with Gasteiger partial charge in [0.1, 0.15) is 0 Å². The molecule has 3 rings (SSSR count). The van der Waals surface area contributed by atoms with Crippen LogP contribution in [-0.4, -0.2) is 16.8 Å². The van der Waals surface area contributed by atoms with Crippen LogP contribution < -0.4 is 0 Å². The molecule has 1 fully saturated rings. The highest BCUT2D eigenvalue weighted by molar-refractivity contribution is 5.88. The smallest absolute Gasteiger partial charge is 0.247 e. The molecule has 0 saturated heterocycles. The van der Waals surface area contributed by atoms with E-state index in [0.29, 0.717) is 6.04 Å². The second kappa shape index (κ2) is 6.30. The van der Waals surface area contributed by atoms with Crippen molar-refractivity contribution in [3.05, 3.63) is 59.7 Å². The van der Waals surface area contributed by atoms with E-state index >= 15 is 0 Å². The van der Waals surface area contributed by atoms with Crippen LogP contribution in [0.5, 0.6) is 0 Å². The first-order valence-corrected chi connectivity index (χ1v) is 8.00. The van der Waals surface area contributed by atoms with Crippen molar-refractivity contribution in [2.75, 3.05) is 0 Å². The average Bonchev–Trinajstić information content (AvgIpc) is 3.33. The summed E-state index contributed by atoms with van der Waals surface area (Å²) >= 11 is 0. The lowest BCUT2D eigenvalue weighted by molar-refractivity contribution is -0.129. The Kier molecular flexibility index (Phi) is 4.23. The normalized spacial score (nSPS) is 21.7. The molecule has 0 aliphatic heterocycles. The van der Waals surface area contributed by atoms with E-state index in [9.17, 15) is 4.79 Å². The summed E-state index contributed by atoms with van der Waals surface area (Å²) in [7, 11) is 0. The molecule has 1 aromatic rings. The number of allylic oxidation sites excluding steroid dienone is 3. The van der Waals surface area contributed by atoms with Gasteiger partial charge in [-0.2, -0.15) is 0 Å². The Labute approximate surface area is 127 Å². The first-order chi connectivity index (χ1) is 10.3. The van der Waals surface area contributed by atoms with Crippen LogP contribution in [0.3, 0.4) is 0 Å². The van der Waals surface area contributed by atoms with Gasteiger partial charge >= 0.3 is 0 Å². The van der Waals surface area contributed by atoms with E-state index in [2.05, 4.69) is 29.2 Å². The number of amides is 1. The number of nitrogens with zero attached hydrogens (tertiary/aromatic N) is 1. The van der Waals surface area contributed by atoms with E-state index in [1.165, 1.54) is 17.5 Å². The second-order valence-corrected chi connectivity index (χ2v) is 5.97. The molecule has 2 aliphatic carbocycles.